The van der Waals surface area contributed by atoms with Crippen molar-refractivity contribution in [1.29, 1.82) is 5.26 Å². The Bertz CT molecular complexity index is 1390. The number of ether oxygens (including phenoxy) is 1. The number of H-pyrrole nitrogens is 1. The second-order valence-electron chi connectivity index (χ2n) is 9.42. The topological polar surface area (TPSA) is 60.8 Å². The molecule has 0 radical (unpaired) electrons. The summed E-state index contributed by atoms with van der Waals surface area (Å²) >= 11 is 2.36. The lowest BCUT2D eigenvalue weighted by Crippen LogP contribution is -2.27. The molecule has 0 saturated heterocycles. The second-order valence-corrected chi connectivity index (χ2v) is 10.7. The van der Waals surface area contributed by atoms with Crippen LogP contribution in [0.25, 0.3) is 10.9 Å². The largest absolute Gasteiger partial charge is 0.361 e. The summed E-state index contributed by atoms with van der Waals surface area (Å²) < 4.78 is 21.3. The highest BCUT2D eigenvalue weighted by Gasteiger charge is 2.41. The minimum atomic E-state index is -0.593. The van der Waals surface area contributed by atoms with E-state index in [1.807, 2.05) is 30.3 Å². The first-order valence-electron chi connectivity index (χ1n) is 12.5. The van der Waals surface area contributed by atoms with Crippen LogP contribution >= 0.6 is 22.6 Å². The Labute approximate surface area is 225 Å². The Balaban J connectivity index is 1.15. The Morgan fingerprint density at radius 1 is 1.03 bits per heavy atom. The molecule has 2 N–H and O–H groups in total. The summed E-state index contributed by atoms with van der Waals surface area (Å²) in [5.74, 6) is -0.251. The van der Waals surface area contributed by atoms with Crippen molar-refractivity contribution in [2.45, 2.75) is 44.3 Å². The van der Waals surface area contributed by atoms with Crippen LogP contribution in [0, 0.1) is 20.7 Å². The number of nitrogens with one attached hydrogen (secondary N) is 2. The van der Waals surface area contributed by atoms with Gasteiger partial charge in [0.2, 0.25) is 0 Å². The van der Waals surface area contributed by atoms with Crippen molar-refractivity contribution in [3.05, 3.63) is 104 Å². The van der Waals surface area contributed by atoms with Crippen LogP contribution in [0.15, 0.2) is 66.9 Å². The van der Waals surface area contributed by atoms with Gasteiger partial charge in [-0.2, -0.15) is 5.26 Å². The molecule has 1 atom stereocenters. The summed E-state index contributed by atoms with van der Waals surface area (Å²) in [5.41, 5.74) is 5.73. The number of aryl methyl sites for hydroxylation is 1. The Morgan fingerprint density at radius 3 is 2.69 bits per heavy atom. The minimum Gasteiger partial charge on any atom is -0.361 e. The quantitative estimate of drug-likeness (QED) is 0.155. The monoisotopic (exact) mass is 593 g/mol. The molecule has 36 heavy (non-hydrogen) atoms. The Kier molecular flexibility index (Phi) is 7.70. The molecule has 4 nitrogen and oxygen atoms in total. The summed E-state index contributed by atoms with van der Waals surface area (Å²) in [6.07, 6.45) is 7.10. The number of nitrogens with zero attached hydrogens (tertiary/aromatic N) is 1. The molecule has 6 heteroatoms. The van der Waals surface area contributed by atoms with E-state index in [-0.39, 0.29) is 5.82 Å². The number of halogens is 2. The second kappa shape index (κ2) is 11.1. The number of rotatable bonds is 10. The van der Waals surface area contributed by atoms with Gasteiger partial charge in [0.1, 0.15) is 11.4 Å². The highest BCUT2D eigenvalue weighted by atomic mass is 127. The zero-order chi connectivity index (χ0) is 25.0. The average molecular weight is 593 g/mol. The molecule has 184 valence electrons. The van der Waals surface area contributed by atoms with Crippen LogP contribution < -0.4 is 5.32 Å². The van der Waals surface area contributed by atoms with Crippen molar-refractivity contribution in [2.24, 2.45) is 0 Å². The number of benzene rings is 3. The van der Waals surface area contributed by atoms with Gasteiger partial charge in [0.05, 0.1) is 18.2 Å². The highest BCUT2D eigenvalue weighted by molar-refractivity contribution is 14.1. The van der Waals surface area contributed by atoms with Crippen LogP contribution in [0.2, 0.25) is 0 Å². The lowest BCUT2D eigenvalue weighted by Gasteiger charge is -2.30. The molecule has 3 aromatic carbocycles. The third-order valence-corrected chi connectivity index (χ3v) is 7.79. The zero-order valence-electron chi connectivity index (χ0n) is 20.1. The van der Waals surface area contributed by atoms with Crippen LogP contribution in [-0.2, 0) is 23.4 Å². The molecule has 1 unspecified atom stereocenters. The average Bonchev–Trinajstić information content (AvgIpc) is 3.47. The van der Waals surface area contributed by atoms with E-state index in [2.05, 4.69) is 63.4 Å². The third kappa shape index (κ3) is 5.19. The SMILES string of the molecule is N#Cc1ccc2c(c1)COC2(CCCCNCCCc1c[nH]c2ccc(I)cc12)c1ccc(F)cc1. The third-order valence-electron chi connectivity index (χ3n) is 7.12. The van der Waals surface area contributed by atoms with E-state index < -0.39 is 5.60 Å². The Morgan fingerprint density at radius 2 is 1.86 bits per heavy atom. The van der Waals surface area contributed by atoms with Gasteiger partial charge >= 0.3 is 0 Å². The van der Waals surface area contributed by atoms with Crippen molar-refractivity contribution < 1.29 is 9.13 Å². The van der Waals surface area contributed by atoms with E-state index in [0.717, 1.165) is 61.9 Å². The molecule has 1 aliphatic heterocycles. The van der Waals surface area contributed by atoms with Crippen LogP contribution in [0.4, 0.5) is 4.39 Å². The molecule has 0 saturated carbocycles. The van der Waals surface area contributed by atoms with Crippen LogP contribution in [0.1, 0.15) is 53.5 Å². The van der Waals surface area contributed by atoms with E-state index in [1.54, 1.807) is 0 Å². The molecule has 4 aromatic rings. The van der Waals surface area contributed by atoms with Crippen molar-refractivity contribution >= 4 is 33.5 Å². The predicted octanol–water partition coefficient (Wildman–Crippen LogP) is 6.95. The highest BCUT2D eigenvalue weighted by Crippen LogP contribution is 2.45. The van der Waals surface area contributed by atoms with Crippen molar-refractivity contribution in [2.75, 3.05) is 13.1 Å². The van der Waals surface area contributed by atoms with Crippen molar-refractivity contribution in [3.8, 4) is 6.07 Å². The van der Waals surface area contributed by atoms with Gasteiger partial charge in [-0.15, -0.1) is 0 Å². The first-order chi connectivity index (χ1) is 17.6. The van der Waals surface area contributed by atoms with Gasteiger partial charge in [0, 0.05) is 20.7 Å². The lowest BCUT2D eigenvalue weighted by molar-refractivity contribution is -0.0133. The number of hydrogen-bond donors (Lipinski definition) is 2. The fourth-order valence-corrected chi connectivity index (χ4v) is 5.77. The number of unbranched alkanes of at least 4 members (excludes halogenated alkanes) is 1. The van der Waals surface area contributed by atoms with Gasteiger partial charge in [-0.1, -0.05) is 18.2 Å². The summed E-state index contributed by atoms with van der Waals surface area (Å²) in [6.45, 7) is 2.40. The first kappa shape index (κ1) is 24.9. The smallest absolute Gasteiger partial charge is 0.123 e. The molecule has 0 aliphatic carbocycles. The normalized spacial score (nSPS) is 16.8. The van der Waals surface area contributed by atoms with E-state index in [9.17, 15) is 9.65 Å². The number of aromatic amines is 1. The van der Waals surface area contributed by atoms with E-state index in [4.69, 9.17) is 4.74 Å². The maximum Gasteiger partial charge on any atom is 0.123 e. The number of fused-ring (bicyclic) bond motifs is 2. The maximum absolute atomic E-state index is 13.6. The molecule has 0 fully saturated rings. The molecular formula is C30H29FIN3O. The standard InChI is InChI=1S/C30H29FIN3O/c31-25-8-6-24(7-9-25)30(28-11-5-21(18-33)16-23(28)20-36-30)13-1-2-14-34-15-3-4-22-19-35-29-12-10-26(32)17-27(22)29/h5-12,16-17,19,34-35H,1-4,13-15,20H2. The fraction of sp³-hybridized carbons (Fsp3) is 0.300. The summed E-state index contributed by atoms with van der Waals surface area (Å²) in [4.78, 5) is 3.37. The molecule has 0 bridgehead atoms. The minimum absolute atomic E-state index is 0.251. The van der Waals surface area contributed by atoms with Gasteiger partial charge in [-0.3, -0.25) is 0 Å². The molecule has 5 rings (SSSR count). The zero-order valence-corrected chi connectivity index (χ0v) is 22.3. The van der Waals surface area contributed by atoms with Gasteiger partial charge in [-0.05, 0) is 133 Å². The van der Waals surface area contributed by atoms with E-state index >= 15 is 0 Å². The lowest BCUT2D eigenvalue weighted by atomic mass is 9.81. The summed E-state index contributed by atoms with van der Waals surface area (Å²) in [6, 6.07) is 21.2. The molecule has 0 spiro atoms. The number of nitriles is 1. The first-order valence-corrected chi connectivity index (χ1v) is 13.6. The Hall–Kier alpha value is -2.73. The molecular weight excluding hydrogens is 564 g/mol. The number of aromatic nitrogens is 1. The fourth-order valence-electron chi connectivity index (χ4n) is 5.27. The molecule has 2 heterocycles. The van der Waals surface area contributed by atoms with Gasteiger partial charge in [-0.25, -0.2) is 4.39 Å². The van der Waals surface area contributed by atoms with E-state index in [1.165, 1.54) is 32.2 Å². The predicted molar refractivity (Wildman–Crippen MR) is 149 cm³/mol. The van der Waals surface area contributed by atoms with E-state index in [0.29, 0.717) is 12.2 Å². The van der Waals surface area contributed by atoms with Crippen LogP contribution in [-0.4, -0.2) is 18.1 Å². The maximum atomic E-state index is 13.6. The van der Waals surface area contributed by atoms with Crippen molar-refractivity contribution in [3.63, 3.8) is 0 Å². The molecule has 1 aliphatic rings. The molecule has 0 amide bonds. The summed E-state index contributed by atoms with van der Waals surface area (Å²) in [7, 11) is 0. The van der Waals surface area contributed by atoms with Gasteiger partial charge in [0.25, 0.3) is 0 Å². The van der Waals surface area contributed by atoms with Gasteiger partial charge in [0.15, 0.2) is 0 Å². The summed E-state index contributed by atoms with van der Waals surface area (Å²) in [5, 5.41) is 14.2. The molecule has 1 aromatic heterocycles. The van der Waals surface area contributed by atoms with Crippen LogP contribution in [0.3, 0.4) is 0 Å². The number of hydrogen-bond acceptors (Lipinski definition) is 3. The van der Waals surface area contributed by atoms with Crippen molar-refractivity contribution in [1.82, 2.24) is 10.3 Å². The van der Waals surface area contributed by atoms with Gasteiger partial charge < -0.3 is 15.0 Å². The van der Waals surface area contributed by atoms with Crippen LogP contribution in [0.5, 0.6) is 0 Å².